The number of rotatable bonds is 10. The van der Waals surface area contributed by atoms with Crippen LogP contribution in [0.5, 0.6) is 11.5 Å². The second-order valence-electron chi connectivity index (χ2n) is 8.74. The summed E-state index contributed by atoms with van der Waals surface area (Å²) in [5.41, 5.74) is 5.82. The van der Waals surface area contributed by atoms with Crippen LogP contribution < -0.4 is 4.74 Å². The minimum Gasteiger partial charge on any atom is -0.508 e. The number of hydrogen-bond donors (Lipinski definition) is 1. The van der Waals surface area contributed by atoms with Crippen LogP contribution in [0.2, 0.25) is 0 Å². The third-order valence-corrected chi connectivity index (χ3v) is 6.23. The van der Waals surface area contributed by atoms with Crippen LogP contribution in [0.25, 0.3) is 11.1 Å². The lowest BCUT2D eigenvalue weighted by molar-refractivity contribution is -0.129. The molecule has 3 nitrogen and oxygen atoms in total. The highest BCUT2D eigenvalue weighted by atomic mass is 16.5. The number of phenols is 1. The highest BCUT2D eigenvalue weighted by Gasteiger charge is 2.21. The molecule has 178 valence electrons. The molecule has 3 heteroatoms. The van der Waals surface area contributed by atoms with Gasteiger partial charge in [-0.3, -0.25) is 0 Å². The van der Waals surface area contributed by atoms with Gasteiger partial charge in [-0.05, 0) is 47.2 Å². The first kappa shape index (κ1) is 25.3. The Kier molecular flexibility index (Phi) is 9.97. The van der Waals surface area contributed by atoms with Crippen LogP contribution in [0.1, 0.15) is 68.6 Å². The average molecular weight is 457 g/mol. The zero-order chi connectivity index (χ0) is 24.2. The predicted octanol–water partition coefficient (Wildman–Crippen LogP) is 8.03. The van der Waals surface area contributed by atoms with E-state index in [1.54, 1.807) is 6.07 Å². The predicted molar refractivity (Wildman–Crippen MR) is 140 cm³/mol. The fourth-order valence-electron chi connectivity index (χ4n) is 4.37. The smallest absolute Gasteiger partial charge is 0.335 e. The summed E-state index contributed by atoms with van der Waals surface area (Å²) < 4.78 is 5.28. The highest BCUT2D eigenvalue weighted by molar-refractivity contribution is 5.85. The van der Waals surface area contributed by atoms with Crippen molar-refractivity contribution in [2.45, 2.75) is 64.7 Å². The molecule has 0 aliphatic heterocycles. The SMILES string of the molecule is C=CC(=O)Oc1cccc2c1Cc1ccccc1-2.CCCCCCCCCc1ccccc1O. The summed E-state index contributed by atoms with van der Waals surface area (Å²) in [6.07, 6.45) is 12.3. The first-order valence-corrected chi connectivity index (χ1v) is 12.4. The van der Waals surface area contributed by atoms with Crippen molar-refractivity contribution in [1.82, 2.24) is 0 Å². The maximum absolute atomic E-state index is 11.3. The number of ether oxygens (including phenoxy) is 1. The van der Waals surface area contributed by atoms with Crippen molar-refractivity contribution in [2.24, 2.45) is 0 Å². The average Bonchev–Trinajstić information content (AvgIpc) is 3.25. The molecule has 0 spiro atoms. The van der Waals surface area contributed by atoms with Crippen LogP contribution in [0.3, 0.4) is 0 Å². The zero-order valence-electron chi connectivity index (χ0n) is 20.3. The molecular formula is C31H36O3. The normalized spacial score (nSPS) is 11.1. The monoisotopic (exact) mass is 456 g/mol. The van der Waals surface area contributed by atoms with Crippen LogP contribution in [-0.4, -0.2) is 11.1 Å². The number of esters is 1. The van der Waals surface area contributed by atoms with E-state index in [0.29, 0.717) is 11.5 Å². The topological polar surface area (TPSA) is 46.5 Å². The maximum Gasteiger partial charge on any atom is 0.335 e. The summed E-state index contributed by atoms with van der Waals surface area (Å²) in [4.78, 5) is 11.3. The fraction of sp³-hybridized carbons (Fsp3) is 0.323. The lowest BCUT2D eigenvalue weighted by Gasteiger charge is -2.07. The number of fused-ring (bicyclic) bond motifs is 3. The van der Waals surface area contributed by atoms with E-state index in [9.17, 15) is 9.90 Å². The van der Waals surface area contributed by atoms with E-state index < -0.39 is 5.97 Å². The molecule has 0 amide bonds. The van der Waals surface area contributed by atoms with Gasteiger partial charge in [-0.2, -0.15) is 0 Å². The Balaban J connectivity index is 0.000000192. The number of unbranched alkanes of at least 4 members (excludes halogenated alkanes) is 6. The summed E-state index contributed by atoms with van der Waals surface area (Å²) in [5.74, 6) is 0.668. The van der Waals surface area contributed by atoms with E-state index in [1.807, 2.05) is 42.5 Å². The molecule has 1 N–H and O–H groups in total. The van der Waals surface area contributed by atoms with E-state index in [-0.39, 0.29) is 0 Å². The third kappa shape index (κ3) is 7.08. The van der Waals surface area contributed by atoms with Crippen molar-refractivity contribution in [3.05, 3.63) is 96.1 Å². The summed E-state index contributed by atoms with van der Waals surface area (Å²) >= 11 is 0. The molecule has 4 rings (SSSR count). The zero-order valence-corrected chi connectivity index (χ0v) is 20.3. The maximum atomic E-state index is 11.3. The van der Waals surface area contributed by atoms with Crippen molar-refractivity contribution < 1.29 is 14.6 Å². The molecule has 0 radical (unpaired) electrons. The van der Waals surface area contributed by atoms with Crippen LogP contribution in [0, 0.1) is 0 Å². The third-order valence-electron chi connectivity index (χ3n) is 6.23. The molecule has 0 unspecified atom stereocenters. The number of carbonyl (C=O) groups is 1. The Morgan fingerprint density at radius 2 is 1.56 bits per heavy atom. The van der Waals surface area contributed by atoms with E-state index in [1.165, 1.54) is 62.1 Å². The Bertz CT molecular complexity index is 1080. The van der Waals surface area contributed by atoms with Crippen LogP contribution in [-0.2, 0) is 17.6 Å². The van der Waals surface area contributed by atoms with Crippen molar-refractivity contribution in [1.29, 1.82) is 0 Å². The van der Waals surface area contributed by atoms with Gasteiger partial charge in [-0.1, -0.05) is 107 Å². The Morgan fingerprint density at radius 1 is 0.882 bits per heavy atom. The second kappa shape index (κ2) is 13.4. The summed E-state index contributed by atoms with van der Waals surface area (Å²) in [5, 5.41) is 9.58. The fourth-order valence-corrected chi connectivity index (χ4v) is 4.37. The molecule has 0 fully saturated rings. The standard InChI is InChI=1S/C16H12O2.C15H24O/c1-2-16(17)18-15-9-5-8-13-12-7-4-3-6-11(12)10-14(13)15;1-2-3-4-5-6-7-8-11-14-12-9-10-13-15(14)16/h2-9H,1,10H2;9-10,12-13,16H,2-8,11H2,1H3. The van der Waals surface area contributed by atoms with E-state index in [4.69, 9.17) is 4.74 Å². The minimum absolute atomic E-state index is 0.417. The van der Waals surface area contributed by atoms with Crippen LogP contribution >= 0.6 is 0 Å². The van der Waals surface area contributed by atoms with Gasteiger partial charge in [0.15, 0.2) is 0 Å². The molecule has 3 aromatic rings. The number of para-hydroxylation sites is 1. The van der Waals surface area contributed by atoms with Crippen molar-refractivity contribution >= 4 is 5.97 Å². The van der Waals surface area contributed by atoms with Gasteiger partial charge in [-0.25, -0.2) is 4.79 Å². The molecule has 0 atom stereocenters. The molecule has 0 bridgehead atoms. The molecule has 0 saturated carbocycles. The van der Waals surface area contributed by atoms with Gasteiger partial charge in [0.1, 0.15) is 11.5 Å². The molecule has 3 aromatic carbocycles. The molecule has 1 aliphatic carbocycles. The van der Waals surface area contributed by atoms with E-state index >= 15 is 0 Å². The molecular weight excluding hydrogens is 420 g/mol. The molecule has 34 heavy (non-hydrogen) atoms. The number of aryl methyl sites for hydroxylation is 1. The quantitative estimate of drug-likeness (QED) is 0.114. The first-order valence-electron chi connectivity index (χ1n) is 12.4. The molecule has 0 heterocycles. The van der Waals surface area contributed by atoms with Crippen molar-refractivity contribution in [3.8, 4) is 22.6 Å². The summed E-state index contributed by atoms with van der Waals surface area (Å²) in [7, 11) is 0. The van der Waals surface area contributed by atoms with Crippen molar-refractivity contribution in [2.75, 3.05) is 0 Å². The van der Waals surface area contributed by atoms with Gasteiger partial charge in [0.2, 0.25) is 0 Å². The van der Waals surface area contributed by atoms with Gasteiger partial charge in [-0.15, -0.1) is 0 Å². The van der Waals surface area contributed by atoms with E-state index in [2.05, 4.69) is 31.7 Å². The number of benzene rings is 3. The van der Waals surface area contributed by atoms with E-state index in [0.717, 1.165) is 29.5 Å². The van der Waals surface area contributed by atoms with Gasteiger partial charge < -0.3 is 9.84 Å². The number of carbonyl (C=O) groups excluding carboxylic acids is 1. The summed E-state index contributed by atoms with van der Waals surface area (Å²) in [6, 6.07) is 21.7. The van der Waals surface area contributed by atoms with Gasteiger partial charge >= 0.3 is 5.97 Å². The largest absolute Gasteiger partial charge is 0.508 e. The lowest BCUT2D eigenvalue weighted by Crippen LogP contribution is -2.04. The van der Waals surface area contributed by atoms with Crippen LogP contribution in [0.15, 0.2) is 79.4 Å². The number of phenolic OH excluding ortho intramolecular Hbond substituents is 1. The Labute approximate surface area is 204 Å². The lowest BCUT2D eigenvalue weighted by atomic mass is 10.0. The molecule has 1 aliphatic rings. The second-order valence-corrected chi connectivity index (χ2v) is 8.74. The van der Waals surface area contributed by atoms with Gasteiger partial charge in [0.25, 0.3) is 0 Å². The Morgan fingerprint density at radius 3 is 2.32 bits per heavy atom. The summed E-state index contributed by atoms with van der Waals surface area (Å²) in [6.45, 7) is 5.66. The highest BCUT2D eigenvalue weighted by Crippen LogP contribution is 2.40. The first-order chi connectivity index (χ1) is 16.6. The van der Waals surface area contributed by atoms with Crippen LogP contribution in [0.4, 0.5) is 0 Å². The van der Waals surface area contributed by atoms with Gasteiger partial charge in [0.05, 0.1) is 0 Å². The van der Waals surface area contributed by atoms with Gasteiger partial charge in [0, 0.05) is 18.1 Å². The number of aromatic hydroxyl groups is 1. The molecule has 0 aromatic heterocycles. The van der Waals surface area contributed by atoms with Crippen molar-refractivity contribution in [3.63, 3.8) is 0 Å². The Hall–Kier alpha value is -3.33. The molecule has 0 saturated heterocycles. The minimum atomic E-state index is -0.417. The number of hydrogen-bond acceptors (Lipinski definition) is 3.